The van der Waals surface area contributed by atoms with Crippen molar-refractivity contribution < 1.29 is 112 Å². The number of nitrogens with zero attached hydrogens (tertiary/aromatic N) is 1. The van der Waals surface area contributed by atoms with Crippen LogP contribution in [0, 0.1) is 5.92 Å². The lowest BCUT2D eigenvalue weighted by molar-refractivity contribution is -0.144. The van der Waals surface area contributed by atoms with Crippen molar-refractivity contribution in [2.75, 3.05) is 39.5 Å². The van der Waals surface area contributed by atoms with Gasteiger partial charge in [-0.2, -0.15) is 19.2 Å². The van der Waals surface area contributed by atoms with E-state index in [2.05, 4.69) is 58.5 Å². The standard InChI is InChI=1S/C58H99N18O23P/c1-5-28(2)43(62)53(90)72-37(25-77)50(87)67-33(16-11-21-65-58(63)64)47(84)71-38(26-78)51(88)74-44(29(3)79)55(92)73-39(27-99-100(96,97)98)56(93)76-22-12-17-40(76)52(89)75-45(30(4)80)54(91)70-35(23-31-13-7-6-8-14-31)48(85)69-36(24-42(61)82)49(86)66-32(15-9-10-20-59)46(83)68-34(57(94)95)18-19-41(60)81/h6-8,13-14,28-30,32-40,43-45,58,65,77-80,96-98H,5,9-12,15-27,59,62-64H2,1-4H3,(H14-,60,61,66,67,68,69,70,71,72,73,74,75,81,82,83,84,85,86,87,88,89,90,91,92,94,95)/p+1/t28-,29+,30+,32-,33-,34-,35-,36-,37-,38-,39-,40-,43-,44-,45-/m0/s1. The summed E-state index contributed by atoms with van der Waals surface area (Å²) in [7, 11) is -5.25. The van der Waals surface area contributed by atoms with Gasteiger partial charge in [0.2, 0.25) is 76.8 Å². The van der Waals surface area contributed by atoms with E-state index in [9.17, 15) is 107 Å². The maximum Gasteiger partial charge on any atom is 0.567 e. The number of hydrogen-bond acceptors (Lipinski definition) is 27. The Kier molecular flexibility index (Phi) is 38.7. The molecule has 1 aromatic carbocycles. The first-order chi connectivity index (χ1) is 46.9. The summed E-state index contributed by atoms with van der Waals surface area (Å²) in [5.74, 6) is -16.7. The molecule has 0 radical (unpaired) electrons. The lowest BCUT2D eigenvalue weighted by Gasteiger charge is -2.31. The third kappa shape index (κ3) is 31.1. The van der Waals surface area contributed by atoms with Crippen LogP contribution in [0.4, 0.5) is 0 Å². The SMILES string of the molecule is CC[C@H](C)[C@H](N)C(=O)N[C@@H](CO)C(=O)N[C@@H](CCCNC(N)N)C(=O)N[C@@H](CO)C(=O)N[C@H](C(=O)N[C@@H](CO[P+](O)(O)O)C(=O)N1CCC[C@H]1C(=O)N[C@H](C(=O)N[C@@H](Cc1ccccc1)C(=O)N[C@@H](CC(N)=O)C(=O)N[C@@H](CCCCN)C(=O)N[C@@H](CCC(N)=O)C(=O)O)[C@@H](C)O)[C@@H](C)O. The molecule has 1 aliphatic rings. The van der Waals surface area contributed by atoms with Gasteiger partial charge in [-0.15, -0.1) is 0 Å². The number of nitrogens with one attached hydrogen (secondary N) is 11. The van der Waals surface area contributed by atoms with E-state index in [-0.39, 0.29) is 70.5 Å². The molecule has 0 bridgehead atoms. The van der Waals surface area contributed by atoms with E-state index in [0.29, 0.717) is 18.4 Å². The Hall–Kier alpha value is -8.29. The van der Waals surface area contributed by atoms with Crippen LogP contribution in [-0.2, 0) is 78.1 Å². The fourth-order valence-corrected chi connectivity index (χ4v) is 10.2. The summed E-state index contributed by atoms with van der Waals surface area (Å²) < 4.78 is 4.70. The number of carbonyl (C=O) groups excluding carboxylic acids is 13. The normalized spacial score (nSPS) is 17.2. The summed E-state index contributed by atoms with van der Waals surface area (Å²) in [6.45, 7) is 1.97. The van der Waals surface area contributed by atoms with Crippen molar-refractivity contribution in [3.63, 3.8) is 0 Å². The third-order valence-corrected chi connectivity index (χ3v) is 16.2. The fraction of sp³-hybridized carbons (Fsp3) is 0.655. The van der Waals surface area contributed by atoms with Gasteiger partial charge in [0.1, 0.15) is 79.4 Å². The van der Waals surface area contributed by atoms with Crippen molar-refractivity contribution in [2.24, 2.45) is 40.3 Å². The second-order valence-corrected chi connectivity index (χ2v) is 25.1. The molecule has 13 amide bonds. The van der Waals surface area contributed by atoms with E-state index in [0.717, 1.165) is 18.7 Å². The first-order valence-electron chi connectivity index (χ1n) is 32.1. The Labute approximate surface area is 575 Å². The zero-order chi connectivity index (χ0) is 75.7. The van der Waals surface area contributed by atoms with Gasteiger partial charge in [0.15, 0.2) is 0 Å². The molecule has 0 spiro atoms. The highest BCUT2D eigenvalue weighted by atomic mass is 31.2. The van der Waals surface area contributed by atoms with Crippen LogP contribution in [0.3, 0.4) is 0 Å². The Morgan fingerprint density at radius 2 is 1.05 bits per heavy atom. The Morgan fingerprint density at radius 1 is 0.580 bits per heavy atom. The molecule has 2 rings (SSSR count). The molecule has 100 heavy (non-hydrogen) atoms. The molecule has 31 N–H and O–H groups in total. The van der Waals surface area contributed by atoms with Gasteiger partial charge in [0.25, 0.3) is 0 Å². The lowest BCUT2D eigenvalue weighted by atomic mass is 9.99. The molecule has 41 nitrogen and oxygen atoms in total. The van der Waals surface area contributed by atoms with Crippen LogP contribution in [0.1, 0.15) is 104 Å². The van der Waals surface area contributed by atoms with E-state index in [1.54, 1.807) is 32.0 Å². The number of aliphatic carboxylic acids is 1. The van der Waals surface area contributed by atoms with E-state index in [4.69, 9.17) is 38.9 Å². The molecule has 1 fully saturated rings. The van der Waals surface area contributed by atoms with Crippen LogP contribution in [0.5, 0.6) is 0 Å². The van der Waals surface area contributed by atoms with Crippen LogP contribution in [0.15, 0.2) is 30.3 Å². The molecule has 0 aliphatic carbocycles. The number of primary amides is 2. The number of amides is 13. The van der Waals surface area contributed by atoms with Crippen LogP contribution in [-0.4, -0.2) is 258 Å². The van der Waals surface area contributed by atoms with Crippen LogP contribution >= 0.6 is 8.17 Å². The summed E-state index contributed by atoms with van der Waals surface area (Å²) in [6.07, 6.45) is -6.26. The highest BCUT2D eigenvalue weighted by Crippen LogP contribution is 2.45. The van der Waals surface area contributed by atoms with Crippen molar-refractivity contribution in [1.29, 1.82) is 0 Å². The molecule has 564 valence electrons. The summed E-state index contributed by atoms with van der Waals surface area (Å²) >= 11 is 0. The number of carbonyl (C=O) groups is 14. The quantitative estimate of drug-likeness (QED) is 0.0164. The molecule has 0 saturated carbocycles. The van der Waals surface area contributed by atoms with E-state index in [1.165, 1.54) is 12.1 Å². The van der Waals surface area contributed by atoms with Gasteiger partial charge in [-0.05, 0) is 89.8 Å². The molecule has 15 atom stereocenters. The largest absolute Gasteiger partial charge is 0.567 e. The summed E-state index contributed by atoms with van der Waals surface area (Å²) in [4.78, 5) is 219. The van der Waals surface area contributed by atoms with Crippen molar-refractivity contribution >= 4 is 90.9 Å². The van der Waals surface area contributed by atoms with Crippen molar-refractivity contribution in [3.05, 3.63) is 35.9 Å². The zero-order valence-electron chi connectivity index (χ0n) is 55.9. The molecule has 1 heterocycles. The molecule has 1 saturated heterocycles. The van der Waals surface area contributed by atoms with Crippen molar-refractivity contribution in [2.45, 2.75) is 196 Å². The monoisotopic (exact) mass is 1450 g/mol. The molecule has 1 aliphatic heterocycles. The summed E-state index contributed by atoms with van der Waals surface area (Å²) in [6, 6.07) is -13.0. The second-order valence-electron chi connectivity index (χ2n) is 23.8. The maximum atomic E-state index is 14.5. The number of aliphatic hydroxyl groups excluding tert-OH is 4. The van der Waals surface area contributed by atoms with E-state index < -0.39 is 221 Å². The first kappa shape index (κ1) is 87.8. The molecule has 0 unspecified atom stereocenters. The Morgan fingerprint density at radius 3 is 1.55 bits per heavy atom. The minimum absolute atomic E-state index is 0.0295. The molecule has 0 aromatic heterocycles. The summed E-state index contributed by atoms with van der Waals surface area (Å²) in [5, 5.41) is 77.4. The minimum atomic E-state index is -5.25. The average molecular weight is 1450 g/mol. The van der Waals surface area contributed by atoms with Crippen molar-refractivity contribution in [1.82, 2.24) is 63.4 Å². The molecular weight excluding hydrogens is 1350 g/mol. The van der Waals surface area contributed by atoms with Gasteiger partial charge in [-0.25, -0.2) is 4.79 Å². The number of carboxylic acids is 1. The zero-order valence-corrected chi connectivity index (χ0v) is 56.8. The van der Waals surface area contributed by atoms with Crippen LogP contribution in [0.2, 0.25) is 0 Å². The predicted octanol–water partition coefficient (Wildman–Crippen LogP) is -11.2. The number of carboxylic acid groups (broad SMARTS) is 1. The minimum Gasteiger partial charge on any atom is -0.480 e. The van der Waals surface area contributed by atoms with Gasteiger partial charge < -0.3 is 118 Å². The first-order valence-corrected chi connectivity index (χ1v) is 33.6. The predicted molar refractivity (Wildman–Crippen MR) is 351 cm³/mol. The topological polar surface area (TPSA) is 702 Å². The van der Waals surface area contributed by atoms with Crippen molar-refractivity contribution in [3.8, 4) is 0 Å². The van der Waals surface area contributed by atoms with E-state index >= 15 is 0 Å². The second kappa shape index (κ2) is 44.1. The number of nitrogens with two attached hydrogens (primary N) is 6. The summed E-state index contributed by atoms with van der Waals surface area (Å²) in [5.41, 5.74) is 33.7. The molecule has 1 aromatic rings. The lowest BCUT2D eigenvalue weighted by Crippen LogP contribution is -2.63. The van der Waals surface area contributed by atoms with E-state index in [1.807, 2.05) is 0 Å². The third-order valence-electron chi connectivity index (χ3n) is 15.7. The Balaban J connectivity index is 2.46. The van der Waals surface area contributed by atoms with Crippen LogP contribution < -0.4 is 92.9 Å². The average Bonchev–Trinajstić information content (AvgIpc) is 1.57. The number of unbranched alkanes of at least 4 members (excludes halogenated alkanes) is 1. The smallest absolute Gasteiger partial charge is 0.480 e. The fourth-order valence-electron chi connectivity index (χ4n) is 9.84. The highest BCUT2D eigenvalue weighted by molar-refractivity contribution is 7.53. The van der Waals surface area contributed by atoms with Gasteiger partial charge in [0.05, 0.1) is 37.9 Å². The van der Waals surface area contributed by atoms with Gasteiger partial charge in [-0.1, -0.05) is 50.6 Å². The van der Waals surface area contributed by atoms with Crippen LogP contribution in [0.25, 0.3) is 0 Å². The van der Waals surface area contributed by atoms with Gasteiger partial charge in [0, 0.05) is 19.4 Å². The Bertz CT molecular complexity index is 2920. The molecule has 42 heteroatoms. The number of likely N-dealkylation sites (tertiary alicyclic amines) is 1. The van der Waals surface area contributed by atoms with Gasteiger partial charge in [-0.3, -0.25) is 67.6 Å². The number of aliphatic hydroxyl groups is 4. The number of hydrogen-bond donors (Lipinski definition) is 25. The molecular formula is C58H100N18O23P+. The number of rotatable bonds is 47. The highest BCUT2D eigenvalue weighted by Gasteiger charge is 2.45. The maximum absolute atomic E-state index is 14.5. The number of benzene rings is 1. The van der Waals surface area contributed by atoms with Gasteiger partial charge >= 0.3 is 14.1 Å².